The van der Waals surface area contributed by atoms with E-state index < -0.39 is 0 Å². The van der Waals surface area contributed by atoms with Crippen LogP contribution in [0.1, 0.15) is 42.7 Å². The Labute approximate surface area is 172 Å². The smallest absolute Gasteiger partial charge is 0.0595 e. The molecule has 2 nitrogen and oxygen atoms in total. The maximum absolute atomic E-state index is 6.25. The van der Waals surface area contributed by atoms with Crippen LogP contribution in [-0.4, -0.2) is 25.2 Å². The zero-order valence-electron chi connectivity index (χ0n) is 15.6. The van der Waals surface area contributed by atoms with E-state index >= 15 is 0 Å². The second-order valence-electron chi connectivity index (χ2n) is 8.10. The van der Waals surface area contributed by atoms with Crippen molar-refractivity contribution in [2.45, 2.75) is 50.1 Å². The van der Waals surface area contributed by atoms with E-state index in [1.807, 2.05) is 6.07 Å². The molecule has 0 radical (unpaired) electrons. The number of benzene rings is 2. The predicted octanol–water partition coefficient (Wildman–Crippen LogP) is 5.44. The van der Waals surface area contributed by atoms with Crippen molar-refractivity contribution in [3.05, 3.63) is 69.7 Å². The van der Waals surface area contributed by atoms with Crippen LogP contribution in [0.4, 0.5) is 0 Å². The second kappa shape index (κ2) is 8.96. The van der Waals surface area contributed by atoms with E-state index in [0.717, 1.165) is 31.8 Å². The van der Waals surface area contributed by atoms with Crippen LogP contribution in [0.2, 0.25) is 10.0 Å². The van der Waals surface area contributed by atoms with Gasteiger partial charge >= 0.3 is 0 Å². The molecule has 2 heterocycles. The SMILES string of the molecule is Clc1ccc(C2CCNC(C3CC(Cc4ccccc4)CCN3)C2)cc1Cl. The minimum Gasteiger partial charge on any atom is -0.312 e. The first-order valence-electron chi connectivity index (χ1n) is 10.1. The molecule has 2 aromatic carbocycles. The van der Waals surface area contributed by atoms with Crippen molar-refractivity contribution in [2.75, 3.05) is 13.1 Å². The summed E-state index contributed by atoms with van der Waals surface area (Å²) < 4.78 is 0. The summed E-state index contributed by atoms with van der Waals surface area (Å²) in [6, 6.07) is 18.1. The summed E-state index contributed by atoms with van der Waals surface area (Å²) in [6.07, 6.45) is 6.04. The van der Waals surface area contributed by atoms with Gasteiger partial charge in [0.05, 0.1) is 10.0 Å². The van der Waals surface area contributed by atoms with Crippen LogP contribution in [0, 0.1) is 5.92 Å². The number of nitrogens with one attached hydrogen (secondary N) is 2. The van der Waals surface area contributed by atoms with Gasteiger partial charge in [-0.2, -0.15) is 0 Å². The highest BCUT2D eigenvalue weighted by atomic mass is 35.5. The molecular weight excluding hydrogens is 375 g/mol. The molecule has 2 aromatic rings. The molecule has 0 saturated carbocycles. The van der Waals surface area contributed by atoms with Gasteiger partial charge in [0.25, 0.3) is 0 Å². The van der Waals surface area contributed by atoms with Crippen LogP contribution in [0.5, 0.6) is 0 Å². The lowest BCUT2D eigenvalue weighted by Crippen LogP contribution is -2.54. The van der Waals surface area contributed by atoms with Crippen molar-refractivity contribution in [1.29, 1.82) is 0 Å². The lowest BCUT2D eigenvalue weighted by Gasteiger charge is -2.40. The summed E-state index contributed by atoms with van der Waals surface area (Å²) >= 11 is 12.4. The largest absolute Gasteiger partial charge is 0.312 e. The summed E-state index contributed by atoms with van der Waals surface area (Å²) in [4.78, 5) is 0. The zero-order valence-corrected chi connectivity index (χ0v) is 17.1. The van der Waals surface area contributed by atoms with Gasteiger partial charge in [-0.3, -0.25) is 0 Å². The molecule has 144 valence electrons. The Bertz CT molecular complexity index is 749. The molecule has 2 aliphatic heterocycles. The van der Waals surface area contributed by atoms with Crippen molar-refractivity contribution >= 4 is 23.2 Å². The molecule has 4 heteroatoms. The maximum Gasteiger partial charge on any atom is 0.0595 e. The molecule has 2 N–H and O–H groups in total. The van der Waals surface area contributed by atoms with E-state index in [2.05, 4.69) is 53.1 Å². The first kappa shape index (κ1) is 19.3. The number of rotatable bonds is 4. The van der Waals surface area contributed by atoms with E-state index in [0.29, 0.717) is 28.0 Å². The number of hydrogen-bond acceptors (Lipinski definition) is 2. The van der Waals surface area contributed by atoms with E-state index in [9.17, 15) is 0 Å². The van der Waals surface area contributed by atoms with E-state index in [1.54, 1.807) is 0 Å². The van der Waals surface area contributed by atoms with Crippen LogP contribution in [0.25, 0.3) is 0 Å². The Kier molecular flexibility index (Phi) is 6.39. The van der Waals surface area contributed by atoms with Gasteiger partial charge in [0.1, 0.15) is 0 Å². The first-order valence-corrected chi connectivity index (χ1v) is 10.9. The standard InChI is InChI=1S/C23H28Cl2N2/c24-20-7-6-18(14-21(20)25)19-9-11-27-23(15-19)22-13-17(8-10-26-22)12-16-4-2-1-3-5-16/h1-7,14,17,19,22-23,26-27H,8-13,15H2. The summed E-state index contributed by atoms with van der Waals surface area (Å²) in [6.45, 7) is 2.19. The number of piperidine rings is 2. The molecule has 0 amide bonds. The fraction of sp³-hybridized carbons (Fsp3) is 0.478. The van der Waals surface area contributed by atoms with Gasteiger partial charge in [0, 0.05) is 12.1 Å². The van der Waals surface area contributed by atoms with Crippen LogP contribution < -0.4 is 10.6 Å². The Morgan fingerprint density at radius 2 is 1.56 bits per heavy atom. The highest BCUT2D eigenvalue weighted by Gasteiger charge is 2.32. The fourth-order valence-electron chi connectivity index (χ4n) is 4.80. The van der Waals surface area contributed by atoms with Crippen molar-refractivity contribution in [3.8, 4) is 0 Å². The van der Waals surface area contributed by atoms with E-state index in [-0.39, 0.29) is 0 Å². The number of halogens is 2. The monoisotopic (exact) mass is 402 g/mol. The minimum absolute atomic E-state index is 0.525. The molecule has 4 unspecified atom stereocenters. The lowest BCUT2D eigenvalue weighted by molar-refractivity contribution is 0.217. The molecule has 0 spiro atoms. The summed E-state index contributed by atoms with van der Waals surface area (Å²) in [5.41, 5.74) is 2.79. The van der Waals surface area contributed by atoms with Crippen LogP contribution in [0.15, 0.2) is 48.5 Å². The van der Waals surface area contributed by atoms with Crippen molar-refractivity contribution in [2.24, 2.45) is 5.92 Å². The topological polar surface area (TPSA) is 24.1 Å². The Morgan fingerprint density at radius 1 is 0.815 bits per heavy atom. The minimum atomic E-state index is 0.525. The fourth-order valence-corrected chi connectivity index (χ4v) is 5.11. The molecular formula is C23H28Cl2N2. The zero-order chi connectivity index (χ0) is 18.6. The summed E-state index contributed by atoms with van der Waals surface area (Å²) in [5, 5.41) is 8.88. The Hall–Kier alpha value is -1.06. The summed E-state index contributed by atoms with van der Waals surface area (Å²) in [5.74, 6) is 1.33. The summed E-state index contributed by atoms with van der Waals surface area (Å²) in [7, 11) is 0. The van der Waals surface area contributed by atoms with Gasteiger partial charge in [0.2, 0.25) is 0 Å². The second-order valence-corrected chi connectivity index (χ2v) is 8.91. The van der Waals surface area contributed by atoms with E-state index in [4.69, 9.17) is 23.2 Å². The van der Waals surface area contributed by atoms with Crippen LogP contribution >= 0.6 is 23.2 Å². The van der Waals surface area contributed by atoms with Gasteiger partial charge in [-0.15, -0.1) is 0 Å². The average molecular weight is 403 g/mol. The molecule has 4 rings (SSSR count). The normalized spacial score (nSPS) is 28.8. The Balaban J connectivity index is 1.39. The predicted molar refractivity (Wildman–Crippen MR) is 115 cm³/mol. The molecule has 0 aromatic heterocycles. The van der Waals surface area contributed by atoms with Gasteiger partial charge in [0.15, 0.2) is 0 Å². The molecule has 2 fully saturated rings. The molecule has 27 heavy (non-hydrogen) atoms. The quantitative estimate of drug-likeness (QED) is 0.710. The van der Waals surface area contributed by atoms with Crippen molar-refractivity contribution in [1.82, 2.24) is 10.6 Å². The van der Waals surface area contributed by atoms with Gasteiger partial charge < -0.3 is 10.6 Å². The average Bonchev–Trinajstić information content (AvgIpc) is 2.71. The van der Waals surface area contributed by atoms with Crippen molar-refractivity contribution in [3.63, 3.8) is 0 Å². The molecule has 2 saturated heterocycles. The van der Waals surface area contributed by atoms with Crippen LogP contribution in [-0.2, 0) is 6.42 Å². The molecule has 4 atom stereocenters. The van der Waals surface area contributed by atoms with Crippen molar-refractivity contribution < 1.29 is 0 Å². The van der Waals surface area contributed by atoms with Gasteiger partial charge in [-0.05, 0) is 80.3 Å². The molecule has 2 aliphatic rings. The molecule has 0 aliphatic carbocycles. The third-order valence-corrected chi connectivity index (χ3v) is 6.99. The van der Waals surface area contributed by atoms with Gasteiger partial charge in [-0.1, -0.05) is 59.6 Å². The number of hydrogen-bond donors (Lipinski definition) is 2. The maximum atomic E-state index is 6.25. The first-order chi connectivity index (χ1) is 13.2. The third-order valence-electron chi connectivity index (χ3n) is 6.25. The lowest BCUT2D eigenvalue weighted by atomic mass is 9.79. The van der Waals surface area contributed by atoms with E-state index in [1.165, 1.54) is 30.4 Å². The third kappa shape index (κ3) is 4.86. The van der Waals surface area contributed by atoms with Crippen LogP contribution in [0.3, 0.4) is 0 Å². The molecule has 0 bridgehead atoms. The highest BCUT2D eigenvalue weighted by Crippen LogP contribution is 2.34. The highest BCUT2D eigenvalue weighted by molar-refractivity contribution is 6.42. The Morgan fingerprint density at radius 3 is 2.33 bits per heavy atom. The van der Waals surface area contributed by atoms with Gasteiger partial charge in [-0.25, -0.2) is 0 Å².